The summed E-state index contributed by atoms with van der Waals surface area (Å²) in [5, 5.41) is 9.51. The SMILES string of the molecule is CC(C)CCn1c(SCC(=O)N(C)CCC#N)nc2ccccc21. The van der Waals surface area contributed by atoms with Gasteiger partial charge in [-0.15, -0.1) is 0 Å². The van der Waals surface area contributed by atoms with Gasteiger partial charge in [0.1, 0.15) is 0 Å². The van der Waals surface area contributed by atoms with Crippen LogP contribution >= 0.6 is 11.8 Å². The average Bonchev–Trinajstić information content (AvgIpc) is 2.93. The topological polar surface area (TPSA) is 61.9 Å². The molecule has 0 N–H and O–H groups in total. The van der Waals surface area contributed by atoms with Crippen molar-refractivity contribution in [3.05, 3.63) is 24.3 Å². The molecule has 2 aromatic rings. The quantitative estimate of drug-likeness (QED) is 0.687. The Morgan fingerprint density at radius 2 is 2.17 bits per heavy atom. The second-order valence-electron chi connectivity index (χ2n) is 6.23. The molecule has 0 atom stereocenters. The second kappa shape index (κ2) is 8.74. The van der Waals surface area contributed by atoms with Crippen LogP contribution in [-0.2, 0) is 11.3 Å². The van der Waals surface area contributed by atoms with Crippen molar-refractivity contribution in [2.45, 2.75) is 38.4 Å². The molecule has 0 saturated heterocycles. The summed E-state index contributed by atoms with van der Waals surface area (Å²) >= 11 is 1.47. The molecule has 1 aromatic carbocycles. The van der Waals surface area contributed by atoms with Gasteiger partial charge in [-0.2, -0.15) is 5.26 Å². The molecule has 0 spiro atoms. The molecule has 5 nitrogen and oxygen atoms in total. The number of thioether (sulfide) groups is 1. The standard InChI is InChI=1S/C18H24N4OS/c1-14(2)9-12-22-16-8-5-4-7-15(16)20-18(22)24-13-17(23)21(3)11-6-10-19/h4-5,7-8,14H,6,9,11-13H2,1-3H3. The highest BCUT2D eigenvalue weighted by Gasteiger charge is 2.15. The van der Waals surface area contributed by atoms with Crippen LogP contribution in [0.4, 0.5) is 0 Å². The van der Waals surface area contributed by atoms with Crippen molar-refractivity contribution in [1.29, 1.82) is 5.26 Å². The normalized spacial score (nSPS) is 11.0. The smallest absolute Gasteiger partial charge is 0.232 e. The first-order valence-corrected chi connectivity index (χ1v) is 9.20. The minimum absolute atomic E-state index is 0.0257. The van der Waals surface area contributed by atoms with Crippen LogP contribution in [0.1, 0.15) is 26.7 Å². The van der Waals surface area contributed by atoms with Gasteiger partial charge < -0.3 is 9.47 Å². The molecule has 1 amide bonds. The fraction of sp³-hybridized carbons (Fsp3) is 0.500. The highest BCUT2D eigenvalue weighted by Crippen LogP contribution is 2.25. The van der Waals surface area contributed by atoms with Crippen molar-refractivity contribution in [1.82, 2.24) is 14.5 Å². The first-order valence-electron chi connectivity index (χ1n) is 8.22. The van der Waals surface area contributed by atoms with Crippen LogP contribution in [0.15, 0.2) is 29.4 Å². The van der Waals surface area contributed by atoms with E-state index < -0.39 is 0 Å². The number of rotatable bonds is 8. The number of hydrogen-bond acceptors (Lipinski definition) is 4. The summed E-state index contributed by atoms with van der Waals surface area (Å²) in [6, 6.07) is 10.1. The summed E-state index contributed by atoms with van der Waals surface area (Å²) < 4.78 is 2.21. The Morgan fingerprint density at radius 1 is 1.42 bits per heavy atom. The van der Waals surface area contributed by atoms with Crippen LogP contribution in [-0.4, -0.2) is 39.7 Å². The van der Waals surface area contributed by atoms with E-state index in [4.69, 9.17) is 5.26 Å². The Labute approximate surface area is 147 Å². The molecular weight excluding hydrogens is 320 g/mol. The zero-order valence-electron chi connectivity index (χ0n) is 14.5. The van der Waals surface area contributed by atoms with Gasteiger partial charge >= 0.3 is 0 Å². The monoisotopic (exact) mass is 344 g/mol. The van der Waals surface area contributed by atoms with Gasteiger partial charge in [0, 0.05) is 20.1 Å². The van der Waals surface area contributed by atoms with Crippen molar-refractivity contribution in [3.8, 4) is 6.07 Å². The number of carbonyl (C=O) groups excluding carboxylic acids is 1. The molecule has 0 saturated carbocycles. The minimum atomic E-state index is 0.0257. The average molecular weight is 344 g/mol. The third-order valence-electron chi connectivity index (χ3n) is 3.86. The number of aromatic nitrogens is 2. The molecule has 0 aliphatic carbocycles. The Bertz CT molecular complexity index is 732. The molecule has 0 fully saturated rings. The van der Waals surface area contributed by atoms with Crippen molar-refractivity contribution < 1.29 is 4.79 Å². The molecule has 1 aromatic heterocycles. The van der Waals surface area contributed by atoms with E-state index in [9.17, 15) is 4.79 Å². The highest BCUT2D eigenvalue weighted by molar-refractivity contribution is 7.99. The van der Waals surface area contributed by atoms with Crippen molar-refractivity contribution in [2.24, 2.45) is 5.92 Å². The summed E-state index contributed by atoms with van der Waals surface area (Å²) in [4.78, 5) is 18.5. The number of nitriles is 1. The number of hydrogen-bond donors (Lipinski definition) is 0. The van der Waals surface area contributed by atoms with Crippen LogP contribution in [0.25, 0.3) is 11.0 Å². The van der Waals surface area contributed by atoms with Gasteiger partial charge in [0.05, 0.1) is 29.3 Å². The van der Waals surface area contributed by atoms with Gasteiger partial charge in [0.2, 0.25) is 5.91 Å². The molecule has 24 heavy (non-hydrogen) atoms. The van der Waals surface area contributed by atoms with Crippen LogP contribution in [0, 0.1) is 17.2 Å². The number of carbonyl (C=O) groups is 1. The Hall–Kier alpha value is -2.00. The predicted octanol–water partition coefficient (Wildman–Crippen LogP) is 3.55. The van der Waals surface area contributed by atoms with Crippen LogP contribution in [0.3, 0.4) is 0 Å². The molecule has 0 radical (unpaired) electrons. The van der Waals surface area contributed by atoms with Crippen molar-refractivity contribution in [3.63, 3.8) is 0 Å². The van der Waals surface area contributed by atoms with Gasteiger partial charge in [0.15, 0.2) is 5.16 Å². The van der Waals surface area contributed by atoms with E-state index in [1.807, 2.05) is 18.2 Å². The largest absolute Gasteiger partial charge is 0.344 e. The van der Waals surface area contributed by atoms with E-state index in [2.05, 4.69) is 35.5 Å². The summed E-state index contributed by atoms with van der Waals surface area (Å²) in [6.45, 7) is 5.79. The van der Waals surface area contributed by atoms with Gasteiger partial charge in [-0.1, -0.05) is 37.7 Å². The first kappa shape index (κ1) is 18.3. The number of benzene rings is 1. The number of fused-ring (bicyclic) bond motifs is 1. The number of nitrogens with zero attached hydrogens (tertiary/aromatic N) is 4. The third-order valence-corrected chi connectivity index (χ3v) is 4.82. The lowest BCUT2D eigenvalue weighted by Crippen LogP contribution is -2.29. The van der Waals surface area contributed by atoms with Crippen molar-refractivity contribution in [2.75, 3.05) is 19.3 Å². The predicted molar refractivity (Wildman–Crippen MR) is 97.8 cm³/mol. The molecule has 2 rings (SSSR count). The van der Waals surface area contributed by atoms with Crippen LogP contribution in [0.5, 0.6) is 0 Å². The molecule has 6 heteroatoms. The fourth-order valence-electron chi connectivity index (χ4n) is 2.35. The molecule has 0 unspecified atom stereocenters. The Kier molecular flexibility index (Phi) is 6.68. The minimum Gasteiger partial charge on any atom is -0.344 e. The van der Waals surface area contributed by atoms with Gasteiger partial charge in [-0.3, -0.25) is 4.79 Å². The van der Waals surface area contributed by atoms with Crippen molar-refractivity contribution >= 4 is 28.7 Å². The second-order valence-corrected chi connectivity index (χ2v) is 7.17. The zero-order chi connectivity index (χ0) is 17.5. The number of amides is 1. The lowest BCUT2D eigenvalue weighted by Gasteiger charge is -2.15. The Balaban J connectivity index is 2.11. The number of imidazole rings is 1. The lowest BCUT2D eigenvalue weighted by atomic mass is 10.1. The van der Waals surface area contributed by atoms with Gasteiger partial charge in [-0.25, -0.2) is 4.98 Å². The first-order chi connectivity index (χ1) is 11.5. The van der Waals surface area contributed by atoms with Crippen LogP contribution in [0.2, 0.25) is 0 Å². The summed E-state index contributed by atoms with van der Waals surface area (Å²) in [6.07, 6.45) is 1.43. The number of para-hydroxylation sites is 2. The number of aryl methyl sites for hydroxylation is 1. The highest BCUT2D eigenvalue weighted by atomic mass is 32.2. The van der Waals surface area contributed by atoms with E-state index in [0.717, 1.165) is 29.2 Å². The summed E-state index contributed by atoms with van der Waals surface area (Å²) in [5.74, 6) is 0.980. The zero-order valence-corrected chi connectivity index (χ0v) is 15.3. The van der Waals surface area contributed by atoms with E-state index in [0.29, 0.717) is 24.6 Å². The molecule has 0 bridgehead atoms. The van der Waals surface area contributed by atoms with E-state index in [1.165, 1.54) is 11.8 Å². The lowest BCUT2D eigenvalue weighted by molar-refractivity contribution is -0.127. The third kappa shape index (κ3) is 4.75. The molecule has 128 valence electrons. The van der Waals surface area contributed by atoms with Crippen LogP contribution < -0.4 is 0 Å². The maximum absolute atomic E-state index is 12.2. The summed E-state index contributed by atoms with van der Waals surface area (Å²) in [7, 11) is 1.74. The molecule has 0 aliphatic heterocycles. The van der Waals surface area contributed by atoms with E-state index in [1.54, 1.807) is 11.9 Å². The molecular formula is C18H24N4OS. The molecule has 0 aliphatic rings. The van der Waals surface area contributed by atoms with E-state index in [-0.39, 0.29) is 5.91 Å². The summed E-state index contributed by atoms with van der Waals surface area (Å²) in [5.41, 5.74) is 2.08. The maximum Gasteiger partial charge on any atom is 0.232 e. The van der Waals surface area contributed by atoms with E-state index >= 15 is 0 Å². The Morgan fingerprint density at radius 3 is 2.88 bits per heavy atom. The van der Waals surface area contributed by atoms with Gasteiger partial charge in [0.25, 0.3) is 0 Å². The molecule has 1 heterocycles. The van der Waals surface area contributed by atoms with Gasteiger partial charge in [-0.05, 0) is 24.5 Å². The fourth-order valence-corrected chi connectivity index (χ4v) is 3.33. The maximum atomic E-state index is 12.2.